The molecule has 0 bridgehead atoms. The van der Waals surface area contributed by atoms with Gasteiger partial charge in [0.1, 0.15) is 0 Å². The van der Waals surface area contributed by atoms with Crippen molar-refractivity contribution in [3.63, 3.8) is 0 Å². The van der Waals surface area contributed by atoms with E-state index in [2.05, 4.69) is 4.90 Å². The van der Waals surface area contributed by atoms with Crippen LogP contribution in [0, 0.1) is 11.6 Å². The molecule has 2 aliphatic rings. The molecule has 10 heteroatoms. The molecule has 2 heterocycles. The fraction of sp³-hybridized carbons (Fsp3) is 0.179. The third-order valence-corrected chi connectivity index (χ3v) is 7.54. The van der Waals surface area contributed by atoms with Gasteiger partial charge >= 0.3 is 0 Å². The van der Waals surface area contributed by atoms with Crippen LogP contribution in [0.5, 0.6) is 0 Å². The van der Waals surface area contributed by atoms with Gasteiger partial charge in [-0.15, -0.1) is 0 Å². The number of anilines is 1. The minimum absolute atomic E-state index is 0.0749. The van der Waals surface area contributed by atoms with Crippen LogP contribution in [0.4, 0.5) is 19.3 Å². The zero-order chi connectivity index (χ0) is 26.8. The summed E-state index contributed by atoms with van der Waals surface area (Å²) in [5.41, 5.74) is 2.53. The first-order valence-electron chi connectivity index (χ1n) is 11.9. The first kappa shape index (κ1) is 25.9. The first-order chi connectivity index (χ1) is 18.3. The minimum Gasteiger partial charge on any atom is -0.368 e. The Morgan fingerprint density at radius 1 is 0.921 bits per heavy atom. The van der Waals surface area contributed by atoms with Crippen LogP contribution in [-0.4, -0.2) is 53.0 Å². The highest BCUT2D eigenvalue weighted by Gasteiger charge is 2.35. The molecule has 0 N–H and O–H groups in total. The highest BCUT2D eigenvalue weighted by molar-refractivity contribution is 8.18. The summed E-state index contributed by atoms with van der Waals surface area (Å²) in [6.45, 7) is 2.41. The third-order valence-electron chi connectivity index (χ3n) is 6.39. The lowest BCUT2D eigenvalue weighted by atomic mass is 10.1. The van der Waals surface area contributed by atoms with E-state index < -0.39 is 22.8 Å². The van der Waals surface area contributed by atoms with Crippen LogP contribution in [0.1, 0.15) is 21.5 Å². The number of nitrogens with zero attached hydrogens (tertiary/aromatic N) is 3. The number of carbonyl (C=O) groups excluding carboxylic acids is 3. The molecule has 0 aromatic heterocycles. The normalized spacial score (nSPS) is 17.0. The van der Waals surface area contributed by atoms with Crippen molar-refractivity contribution in [1.82, 2.24) is 9.80 Å². The van der Waals surface area contributed by atoms with Crippen molar-refractivity contribution in [2.24, 2.45) is 0 Å². The van der Waals surface area contributed by atoms with E-state index in [4.69, 9.17) is 11.6 Å². The SMILES string of the molecule is O=C(c1ccc(C=C2SC(=O)N(Cc3ccc(F)c(F)c3)C2=O)cc1)N1CCN(c2cccc(Cl)c2)CC1. The first-order valence-corrected chi connectivity index (χ1v) is 13.1. The van der Waals surface area contributed by atoms with Crippen LogP contribution in [0.2, 0.25) is 5.02 Å². The maximum Gasteiger partial charge on any atom is 0.293 e. The maximum absolute atomic E-state index is 13.5. The molecule has 5 rings (SSSR count). The van der Waals surface area contributed by atoms with E-state index in [9.17, 15) is 23.2 Å². The lowest BCUT2D eigenvalue weighted by molar-refractivity contribution is -0.123. The number of hydrogen-bond acceptors (Lipinski definition) is 5. The van der Waals surface area contributed by atoms with Gasteiger partial charge in [-0.3, -0.25) is 19.3 Å². The zero-order valence-electron chi connectivity index (χ0n) is 20.1. The Morgan fingerprint density at radius 3 is 2.34 bits per heavy atom. The molecule has 3 aromatic rings. The molecule has 38 heavy (non-hydrogen) atoms. The highest BCUT2D eigenvalue weighted by atomic mass is 35.5. The number of hydrogen-bond donors (Lipinski definition) is 0. The van der Waals surface area contributed by atoms with Crippen molar-refractivity contribution in [1.29, 1.82) is 0 Å². The quantitative estimate of drug-likeness (QED) is 0.373. The average Bonchev–Trinajstić information content (AvgIpc) is 3.18. The van der Waals surface area contributed by atoms with Gasteiger partial charge in [-0.1, -0.05) is 35.9 Å². The van der Waals surface area contributed by atoms with Crippen LogP contribution in [-0.2, 0) is 11.3 Å². The molecule has 3 amide bonds. The van der Waals surface area contributed by atoms with Gasteiger partial charge in [0.2, 0.25) is 0 Å². The predicted molar refractivity (Wildman–Crippen MR) is 144 cm³/mol. The van der Waals surface area contributed by atoms with Crippen LogP contribution in [0.25, 0.3) is 6.08 Å². The van der Waals surface area contributed by atoms with Crippen molar-refractivity contribution in [2.45, 2.75) is 6.54 Å². The summed E-state index contributed by atoms with van der Waals surface area (Å²) in [6.07, 6.45) is 1.58. The molecule has 3 aromatic carbocycles. The van der Waals surface area contributed by atoms with Gasteiger partial charge in [-0.05, 0) is 71.4 Å². The summed E-state index contributed by atoms with van der Waals surface area (Å²) >= 11 is 6.87. The minimum atomic E-state index is -1.04. The molecule has 6 nitrogen and oxygen atoms in total. The van der Waals surface area contributed by atoms with Gasteiger partial charge in [-0.2, -0.15) is 0 Å². The fourth-order valence-electron chi connectivity index (χ4n) is 4.35. The molecular formula is C28H22ClF2N3O3S. The van der Waals surface area contributed by atoms with Crippen molar-refractivity contribution < 1.29 is 23.2 Å². The van der Waals surface area contributed by atoms with Gasteiger partial charge in [0.15, 0.2) is 11.6 Å². The van der Waals surface area contributed by atoms with E-state index in [0.29, 0.717) is 47.9 Å². The van der Waals surface area contributed by atoms with Crippen LogP contribution in [0.15, 0.2) is 71.6 Å². The number of amides is 3. The Labute approximate surface area is 227 Å². The molecular weight excluding hydrogens is 532 g/mol. The smallest absolute Gasteiger partial charge is 0.293 e. The Bertz CT molecular complexity index is 1440. The standard InChI is InChI=1S/C28H22ClF2N3O3S/c29-21-2-1-3-22(16-21)32-10-12-33(13-11-32)26(35)20-7-4-18(5-8-20)15-25-27(36)34(28(37)38-25)17-19-6-9-23(30)24(31)14-19/h1-9,14-16H,10-13,17H2. The zero-order valence-corrected chi connectivity index (χ0v) is 21.6. The number of imide groups is 1. The summed E-state index contributed by atoms with van der Waals surface area (Å²) < 4.78 is 26.7. The van der Waals surface area contributed by atoms with Crippen LogP contribution < -0.4 is 4.90 Å². The summed E-state index contributed by atoms with van der Waals surface area (Å²) in [5, 5.41) is 0.184. The number of piperazine rings is 1. The van der Waals surface area contributed by atoms with Gasteiger partial charge in [0.05, 0.1) is 11.4 Å². The van der Waals surface area contributed by atoms with Crippen LogP contribution in [0.3, 0.4) is 0 Å². The monoisotopic (exact) mass is 553 g/mol. The van der Waals surface area contributed by atoms with Gasteiger partial charge < -0.3 is 9.80 Å². The van der Waals surface area contributed by atoms with Crippen molar-refractivity contribution in [3.05, 3.63) is 105 Å². The van der Waals surface area contributed by atoms with E-state index in [0.717, 1.165) is 34.5 Å². The summed E-state index contributed by atoms with van der Waals surface area (Å²) in [7, 11) is 0. The number of rotatable bonds is 5. The maximum atomic E-state index is 13.5. The summed E-state index contributed by atoms with van der Waals surface area (Å²) in [6, 6.07) is 17.7. The largest absolute Gasteiger partial charge is 0.368 e. The van der Waals surface area contributed by atoms with Crippen molar-refractivity contribution >= 4 is 52.2 Å². The second kappa shape index (κ2) is 11.0. The molecule has 0 aliphatic carbocycles. The van der Waals surface area contributed by atoms with Crippen molar-refractivity contribution in [3.8, 4) is 0 Å². The number of benzene rings is 3. The molecule has 0 saturated carbocycles. The van der Waals surface area contributed by atoms with E-state index in [1.807, 2.05) is 24.3 Å². The third kappa shape index (κ3) is 5.58. The number of thioether (sulfide) groups is 1. The summed E-state index contributed by atoms with van der Waals surface area (Å²) in [5.74, 6) is -2.62. The second-order valence-electron chi connectivity index (χ2n) is 8.90. The molecule has 2 saturated heterocycles. The second-order valence-corrected chi connectivity index (χ2v) is 10.3. The van der Waals surface area contributed by atoms with E-state index in [-0.39, 0.29) is 17.4 Å². The molecule has 0 atom stereocenters. The van der Waals surface area contributed by atoms with E-state index >= 15 is 0 Å². The van der Waals surface area contributed by atoms with E-state index in [1.54, 1.807) is 35.2 Å². The van der Waals surface area contributed by atoms with Crippen molar-refractivity contribution in [2.75, 3.05) is 31.1 Å². The van der Waals surface area contributed by atoms with Gasteiger partial charge in [0, 0.05) is 42.5 Å². The molecule has 2 aliphatic heterocycles. The Balaban J connectivity index is 1.21. The highest BCUT2D eigenvalue weighted by Crippen LogP contribution is 2.33. The number of carbonyl (C=O) groups is 3. The number of halogens is 3. The molecule has 0 radical (unpaired) electrons. The predicted octanol–water partition coefficient (Wildman–Crippen LogP) is 5.82. The lowest BCUT2D eigenvalue weighted by Crippen LogP contribution is -2.48. The molecule has 0 spiro atoms. The Hall–Kier alpha value is -3.69. The van der Waals surface area contributed by atoms with Crippen LogP contribution >= 0.6 is 23.4 Å². The fourth-order valence-corrected chi connectivity index (χ4v) is 5.38. The molecule has 0 unspecified atom stereocenters. The lowest BCUT2D eigenvalue weighted by Gasteiger charge is -2.36. The van der Waals surface area contributed by atoms with Gasteiger partial charge in [0.25, 0.3) is 17.1 Å². The summed E-state index contributed by atoms with van der Waals surface area (Å²) in [4.78, 5) is 43.4. The Morgan fingerprint density at radius 2 is 1.66 bits per heavy atom. The average molecular weight is 554 g/mol. The Kier molecular flexibility index (Phi) is 7.49. The topological polar surface area (TPSA) is 60.9 Å². The molecule has 2 fully saturated rings. The molecule has 194 valence electrons. The van der Waals surface area contributed by atoms with Gasteiger partial charge in [-0.25, -0.2) is 8.78 Å². The van der Waals surface area contributed by atoms with E-state index in [1.165, 1.54) is 6.07 Å².